The number of nitrogens with two attached hydrogens (primary N) is 1. The predicted molar refractivity (Wildman–Crippen MR) is 94.4 cm³/mol. The van der Waals surface area contributed by atoms with Gasteiger partial charge in [-0.25, -0.2) is 0 Å². The fourth-order valence-corrected chi connectivity index (χ4v) is 2.84. The first-order valence-electron chi connectivity index (χ1n) is 8.58. The summed E-state index contributed by atoms with van der Waals surface area (Å²) in [4.78, 5) is 14.1. The van der Waals surface area contributed by atoms with E-state index in [9.17, 15) is 18.0 Å². The Morgan fingerprint density at radius 3 is 2.36 bits per heavy atom. The fourth-order valence-electron chi connectivity index (χ4n) is 2.84. The molecule has 0 radical (unpaired) electrons. The van der Waals surface area contributed by atoms with Crippen LogP contribution in [0.15, 0.2) is 24.3 Å². The largest absolute Gasteiger partial charge is 0.416 e. The van der Waals surface area contributed by atoms with Crippen LogP contribution < -0.4 is 5.73 Å². The van der Waals surface area contributed by atoms with Gasteiger partial charge in [-0.1, -0.05) is 31.0 Å². The molecule has 142 valence electrons. The second-order valence-corrected chi connectivity index (χ2v) is 6.36. The highest BCUT2D eigenvalue weighted by Crippen LogP contribution is 2.35. The van der Waals surface area contributed by atoms with E-state index in [-0.39, 0.29) is 36.5 Å². The molecule has 0 aliphatic heterocycles. The molecular formula is C18H26ClF3N2O. The van der Waals surface area contributed by atoms with Gasteiger partial charge in [0.05, 0.1) is 5.56 Å². The lowest BCUT2D eigenvalue weighted by Crippen LogP contribution is -2.33. The number of nitrogens with zero attached hydrogens (tertiary/aromatic N) is 1. The van der Waals surface area contributed by atoms with Gasteiger partial charge >= 0.3 is 6.18 Å². The standard InChI is InChI=1S/C18H25F3N2O.ClH/c19-18(20,21)16-8-5-4-7-14(16)13-23(15-10-11-15)17(24)9-3-1-2-6-12-22;/h4-5,7-8,15H,1-3,6,9-13,22H2;1H. The highest BCUT2D eigenvalue weighted by molar-refractivity contribution is 5.85. The van der Waals surface area contributed by atoms with Crippen LogP contribution in [0, 0.1) is 0 Å². The van der Waals surface area contributed by atoms with Crippen molar-refractivity contribution in [2.45, 2.75) is 63.7 Å². The highest BCUT2D eigenvalue weighted by Gasteiger charge is 2.36. The van der Waals surface area contributed by atoms with Crippen molar-refractivity contribution in [3.05, 3.63) is 35.4 Å². The zero-order valence-electron chi connectivity index (χ0n) is 14.2. The predicted octanol–water partition coefficient (Wildman–Crippen LogP) is 4.53. The monoisotopic (exact) mass is 378 g/mol. The third-order valence-electron chi connectivity index (χ3n) is 4.32. The van der Waals surface area contributed by atoms with Crippen LogP contribution in [0.3, 0.4) is 0 Å². The molecule has 0 aromatic heterocycles. The summed E-state index contributed by atoms with van der Waals surface area (Å²) in [6.07, 6.45) is 1.40. The molecule has 2 rings (SSSR count). The molecule has 1 aliphatic rings. The average molecular weight is 379 g/mol. The fraction of sp³-hybridized carbons (Fsp3) is 0.611. The van der Waals surface area contributed by atoms with Crippen LogP contribution in [-0.2, 0) is 17.5 Å². The van der Waals surface area contributed by atoms with E-state index >= 15 is 0 Å². The van der Waals surface area contributed by atoms with Crippen LogP contribution >= 0.6 is 12.4 Å². The lowest BCUT2D eigenvalue weighted by Gasteiger charge is -2.24. The van der Waals surface area contributed by atoms with Crippen LogP contribution in [0.25, 0.3) is 0 Å². The first kappa shape index (κ1) is 21.8. The van der Waals surface area contributed by atoms with Gasteiger partial charge in [0, 0.05) is 19.0 Å². The quantitative estimate of drug-likeness (QED) is 0.642. The van der Waals surface area contributed by atoms with Gasteiger partial charge in [-0.15, -0.1) is 12.4 Å². The van der Waals surface area contributed by atoms with Crippen LogP contribution in [0.5, 0.6) is 0 Å². The number of hydrogen-bond acceptors (Lipinski definition) is 2. The molecule has 0 saturated heterocycles. The Labute approximate surface area is 153 Å². The van der Waals surface area contributed by atoms with Crippen molar-refractivity contribution >= 4 is 18.3 Å². The molecule has 2 N–H and O–H groups in total. The third-order valence-corrected chi connectivity index (χ3v) is 4.32. The second kappa shape index (κ2) is 10.0. The van der Waals surface area contributed by atoms with Crippen molar-refractivity contribution in [2.24, 2.45) is 5.73 Å². The van der Waals surface area contributed by atoms with E-state index in [0.29, 0.717) is 13.0 Å². The number of benzene rings is 1. The van der Waals surface area contributed by atoms with E-state index < -0.39 is 11.7 Å². The van der Waals surface area contributed by atoms with Crippen LogP contribution in [0.1, 0.15) is 56.1 Å². The summed E-state index contributed by atoms with van der Waals surface area (Å²) >= 11 is 0. The van der Waals surface area contributed by atoms with E-state index in [4.69, 9.17) is 5.73 Å². The number of hydrogen-bond donors (Lipinski definition) is 1. The molecule has 1 aromatic carbocycles. The number of halogens is 4. The number of rotatable bonds is 9. The molecule has 25 heavy (non-hydrogen) atoms. The lowest BCUT2D eigenvalue weighted by molar-refractivity contribution is -0.140. The van der Waals surface area contributed by atoms with E-state index in [1.807, 2.05) is 0 Å². The molecule has 0 bridgehead atoms. The molecule has 0 atom stereocenters. The van der Waals surface area contributed by atoms with Crippen LogP contribution in [0.4, 0.5) is 13.2 Å². The van der Waals surface area contributed by atoms with Crippen molar-refractivity contribution in [3.8, 4) is 0 Å². The summed E-state index contributed by atoms with van der Waals surface area (Å²) < 4.78 is 39.4. The first-order valence-corrected chi connectivity index (χ1v) is 8.58. The Morgan fingerprint density at radius 2 is 1.76 bits per heavy atom. The Hall–Kier alpha value is -1.27. The molecule has 1 aliphatic carbocycles. The summed E-state index contributed by atoms with van der Waals surface area (Å²) in [5.74, 6) is -0.0396. The third kappa shape index (κ3) is 6.86. The topological polar surface area (TPSA) is 46.3 Å². The van der Waals surface area contributed by atoms with Gasteiger partial charge in [-0.3, -0.25) is 4.79 Å². The van der Waals surface area contributed by atoms with Gasteiger partial charge < -0.3 is 10.6 Å². The minimum absolute atomic E-state index is 0. The molecule has 3 nitrogen and oxygen atoms in total. The average Bonchev–Trinajstić information content (AvgIpc) is 3.36. The first-order chi connectivity index (χ1) is 11.4. The number of carbonyl (C=O) groups excluding carboxylic acids is 1. The maximum Gasteiger partial charge on any atom is 0.416 e. The molecule has 1 fully saturated rings. The smallest absolute Gasteiger partial charge is 0.335 e. The number of carbonyl (C=O) groups is 1. The van der Waals surface area contributed by atoms with Gasteiger partial charge in [0.1, 0.15) is 0 Å². The Morgan fingerprint density at radius 1 is 1.12 bits per heavy atom. The van der Waals surface area contributed by atoms with Gasteiger partial charge in [0.2, 0.25) is 5.91 Å². The van der Waals surface area contributed by atoms with Gasteiger partial charge in [-0.05, 0) is 43.9 Å². The molecular weight excluding hydrogens is 353 g/mol. The molecule has 1 saturated carbocycles. The zero-order valence-corrected chi connectivity index (χ0v) is 15.0. The Bertz CT molecular complexity index is 547. The minimum Gasteiger partial charge on any atom is -0.335 e. The van der Waals surface area contributed by atoms with Crippen molar-refractivity contribution in [2.75, 3.05) is 6.54 Å². The molecule has 0 unspecified atom stereocenters. The number of alkyl halides is 3. The summed E-state index contributed by atoms with van der Waals surface area (Å²) in [6, 6.07) is 5.62. The van der Waals surface area contributed by atoms with Gasteiger partial charge in [-0.2, -0.15) is 13.2 Å². The van der Waals surface area contributed by atoms with Crippen LogP contribution in [0.2, 0.25) is 0 Å². The second-order valence-electron chi connectivity index (χ2n) is 6.36. The maximum absolute atomic E-state index is 13.1. The molecule has 0 heterocycles. The van der Waals surface area contributed by atoms with Crippen molar-refractivity contribution in [1.29, 1.82) is 0 Å². The summed E-state index contributed by atoms with van der Waals surface area (Å²) in [7, 11) is 0. The minimum atomic E-state index is -4.39. The molecule has 1 amide bonds. The summed E-state index contributed by atoms with van der Waals surface area (Å²) in [5, 5.41) is 0. The SMILES string of the molecule is Cl.NCCCCCCC(=O)N(Cc1ccccc1C(F)(F)F)C1CC1. The van der Waals surface area contributed by atoms with Crippen molar-refractivity contribution in [1.82, 2.24) is 4.90 Å². The zero-order chi connectivity index (χ0) is 17.6. The normalized spacial score (nSPS) is 14.1. The van der Waals surface area contributed by atoms with Crippen LogP contribution in [-0.4, -0.2) is 23.4 Å². The Balaban J connectivity index is 0.00000312. The Kier molecular flexibility index (Phi) is 8.73. The number of amides is 1. The molecule has 7 heteroatoms. The van der Waals surface area contributed by atoms with E-state index in [1.54, 1.807) is 11.0 Å². The van der Waals surface area contributed by atoms with Crippen molar-refractivity contribution < 1.29 is 18.0 Å². The van der Waals surface area contributed by atoms with Gasteiger partial charge in [0.15, 0.2) is 0 Å². The lowest BCUT2D eigenvalue weighted by atomic mass is 10.1. The van der Waals surface area contributed by atoms with Crippen molar-refractivity contribution in [3.63, 3.8) is 0 Å². The van der Waals surface area contributed by atoms with E-state index in [2.05, 4.69) is 0 Å². The van der Waals surface area contributed by atoms with E-state index in [1.165, 1.54) is 12.1 Å². The summed E-state index contributed by atoms with van der Waals surface area (Å²) in [5.41, 5.74) is 4.96. The molecule has 1 aromatic rings. The maximum atomic E-state index is 13.1. The molecule has 0 spiro atoms. The van der Waals surface area contributed by atoms with E-state index in [0.717, 1.165) is 44.6 Å². The highest BCUT2D eigenvalue weighted by atomic mass is 35.5. The van der Waals surface area contributed by atoms with Gasteiger partial charge in [0.25, 0.3) is 0 Å². The summed E-state index contributed by atoms with van der Waals surface area (Å²) in [6.45, 7) is 0.693. The number of unbranched alkanes of at least 4 members (excludes halogenated alkanes) is 3.